The van der Waals surface area contributed by atoms with Gasteiger partial charge in [-0.1, -0.05) is 19.8 Å². The third-order valence-corrected chi connectivity index (χ3v) is 4.33. The normalized spacial score (nSPS) is 27.6. The first-order valence-corrected chi connectivity index (χ1v) is 7.71. The third-order valence-electron chi connectivity index (χ3n) is 4.33. The lowest BCUT2D eigenvalue weighted by atomic mass is 9.89. The fourth-order valence-electron chi connectivity index (χ4n) is 2.92. The molecule has 0 aliphatic heterocycles. The van der Waals surface area contributed by atoms with Crippen LogP contribution in [-0.4, -0.2) is 12.1 Å². The summed E-state index contributed by atoms with van der Waals surface area (Å²) in [6, 6.07) is 2.81. The molecule has 19 heavy (non-hydrogen) atoms. The van der Waals surface area contributed by atoms with E-state index in [-0.39, 0.29) is 0 Å². The third kappa shape index (κ3) is 3.83. The molecule has 3 nitrogen and oxygen atoms in total. The fourth-order valence-corrected chi connectivity index (χ4v) is 2.92. The topological polar surface area (TPSA) is 34.4 Å². The van der Waals surface area contributed by atoms with Gasteiger partial charge in [-0.15, -0.1) is 0 Å². The second-order valence-electron chi connectivity index (χ2n) is 6.23. The average molecular weight is 263 g/mol. The van der Waals surface area contributed by atoms with E-state index in [4.69, 9.17) is 9.15 Å². The fraction of sp³-hybridized carbons (Fsp3) is 0.750. The number of rotatable bonds is 6. The Bertz CT molecular complexity index is 397. The van der Waals surface area contributed by atoms with Crippen LogP contribution in [0.1, 0.15) is 56.8 Å². The molecular weight excluding hydrogens is 238 g/mol. The van der Waals surface area contributed by atoms with Crippen LogP contribution in [0.2, 0.25) is 0 Å². The van der Waals surface area contributed by atoms with Gasteiger partial charge in [-0.3, -0.25) is 0 Å². The Morgan fingerprint density at radius 3 is 3.00 bits per heavy atom. The van der Waals surface area contributed by atoms with Gasteiger partial charge in [0.15, 0.2) is 0 Å². The van der Waals surface area contributed by atoms with Crippen molar-refractivity contribution in [3.8, 4) is 0 Å². The van der Waals surface area contributed by atoms with Crippen LogP contribution in [0.4, 0.5) is 0 Å². The highest BCUT2D eigenvalue weighted by Gasteiger charge is 2.22. The van der Waals surface area contributed by atoms with Gasteiger partial charge in [0, 0.05) is 18.2 Å². The quantitative estimate of drug-likeness (QED) is 0.851. The zero-order chi connectivity index (χ0) is 13.1. The Labute approximate surface area is 115 Å². The van der Waals surface area contributed by atoms with Gasteiger partial charge in [0.2, 0.25) is 0 Å². The SMILES string of the molecule is CC1CCCC(OCc2occc2CNC2CC2)C1. The van der Waals surface area contributed by atoms with E-state index in [9.17, 15) is 0 Å². The largest absolute Gasteiger partial charge is 0.467 e. The van der Waals surface area contributed by atoms with Gasteiger partial charge < -0.3 is 14.5 Å². The molecule has 3 rings (SSSR count). The molecule has 1 aromatic rings. The van der Waals surface area contributed by atoms with Gasteiger partial charge >= 0.3 is 0 Å². The maximum Gasteiger partial charge on any atom is 0.133 e. The first kappa shape index (κ1) is 13.2. The van der Waals surface area contributed by atoms with Crippen LogP contribution in [0.25, 0.3) is 0 Å². The van der Waals surface area contributed by atoms with E-state index in [2.05, 4.69) is 18.3 Å². The molecule has 2 aliphatic rings. The minimum atomic E-state index is 0.429. The molecule has 0 spiro atoms. The Balaban J connectivity index is 1.47. The molecule has 1 heterocycles. The molecule has 3 heteroatoms. The molecule has 106 valence electrons. The molecule has 2 aliphatic carbocycles. The second kappa shape index (κ2) is 6.10. The molecule has 0 aromatic carbocycles. The molecule has 1 N–H and O–H groups in total. The van der Waals surface area contributed by atoms with Crippen LogP contribution in [0.3, 0.4) is 0 Å². The Morgan fingerprint density at radius 1 is 1.32 bits per heavy atom. The van der Waals surface area contributed by atoms with Gasteiger partial charge in [0.05, 0.1) is 12.4 Å². The van der Waals surface area contributed by atoms with Gasteiger partial charge in [-0.25, -0.2) is 0 Å². The van der Waals surface area contributed by atoms with Crippen molar-refractivity contribution in [2.75, 3.05) is 0 Å². The van der Waals surface area contributed by atoms with Crippen LogP contribution >= 0.6 is 0 Å². The zero-order valence-corrected chi connectivity index (χ0v) is 11.9. The van der Waals surface area contributed by atoms with Crippen molar-refractivity contribution in [1.82, 2.24) is 5.32 Å². The summed E-state index contributed by atoms with van der Waals surface area (Å²) in [5, 5.41) is 3.53. The lowest BCUT2D eigenvalue weighted by Crippen LogP contribution is -2.21. The highest BCUT2D eigenvalue weighted by molar-refractivity contribution is 5.16. The summed E-state index contributed by atoms with van der Waals surface area (Å²) in [7, 11) is 0. The van der Waals surface area contributed by atoms with E-state index < -0.39 is 0 Å². The monoisotopic (exact) mass is 263 g/mol. The first-order valence-electron chi connectivity index (χ1n) is 7.71. The van der Waals surface area contributed by atoms with Crippen molar-refractivity contribution in [3.05, 3.63) is 23.7 Å². The van der Waals surface area contributed by atoms with Gasteiger partial charge in [0.25, 0.3) is 0 Å². The van der Waals surface area contributed by atoms with Gasteiger partial charge in [0.1, 0.15) is 12.4 Å². The maximum atomic E-state index is 6.04. The Kier molecular flexibility index (Phi) is 4.24. The molecule has 2 atom stereocenters. The van der Waals surface area contributed by atoms with Gasteiger partial charge in [-0.2, -0.15) is 0 Å². The standard InChI is InChI=1S/C16H25NO2/c1-12-3-2-4-15(9-12)19-11-16-13(7-8-18-16)10-17-14-5-6-14/h7-8,12,14-15,17H,2-6,9-11H2,1H3. The number of ether oxygens (including phenoxy) is 1. The molecule has 2 fully saturated rings. The summed E-state index contributed by atoms with van der Waals surface area (Å²) in [4.78, 5) is 0. The van der Waals surface area contributed by atoms with E-state index >= 15 is 0 Å². The van der Waals surface area contributed by atoms with Crippen molar-refractivity contribution in [2.45, 2.75) is 70.7 Å². The zero-order valence-electron chi connectivity index (χ0n) is 11.9. The highest BCUT2D eigenvalue weighted by atomic mass is 16.5. The van der Waals surface area contributed by atoms with Crippen LogP contribution in [0.5, 0.6) is 0 Å². The summed E-state index contributed by atoms with van der Waals surface area (Å²) < 4.78 is 11.6. The number of hydrogen-bond donors (Lipinski definition) is 1. The minimum absolute atomic E-state index is 0.429. The molecule has 0 bridgehead atoms. The predicted molar refractivity (Wildman–Crippen MR) is 74.8 cm³/mol. The van der Waals surface area contributed by atoms with E-state index in [1.807, 2.05) is 0 Å². The smallest absolute Gasteiger partial charge is 0.133 e. The number of furan rings is 1. The van der Waals surface area contributed by atoms with Crippen molar-refractivity contribution in [2.24, 2.45) is 5.92 Å². The summed E-state index contributed by atoms with van der Waals surface area (Å²) in [6.45, 7) is 3.88. The average Bonchev–Trinajstić information content (AvgIpc) is 3.13. The molecule has 0 radical (unpaired) electrons. The van der Waals surface area contributed by atoms with E-state index in [0.717, 1.165) is 24.3 Å². The Hall–Kier alpha value is -0.800. The summed E-state index contributed by atoms with van der Waals surface area (Å²) >= 11 is 0. The molecular formula is C16H25NO2. The number of hydrogen-bond acceptors (Lipinski definition) is 3. The molecule has 0 amide bonds. The lowest BCUT2D eigenvalue weighted by molar-refractivity contribution is -0.00305. The molecule has 0 saturated heterocycles. The molecule has 2 unspecified atom stereocenters. The van der Waals surface area contributed by atoms with E-state index in [1.54, 1.807) is 6.26 Å². The van der Waals surface area contributed by atoms with Crippen molar-refractivity contribution in [1.29, 1.82) is 0 Å². The first-order chi connectivity index (χ1) is 9.31. The highest BCUT2D eigenvalue weighted by Crippen LogP contribution is 2.27. The number of nitrogens with one attached hydrogen (secondary N) is 1. The van der Waals surface area contributed by atoms with Gasteiger partial charge in [-0.05, 0) is 37.7 Å². The summed E-state index contributed by atoms with van der Waals surface area (Å²) in [5.41, 5.74) is 1.26. The van der Waals surface area contributed by atoms with Crippen LogP contribution < -0.4 is 5.32 Å². The minimum Gasteiger partial charge on any atom is -0.467 e. The molecule has 2 saturated carbocycles. The van der Waals surface area contributed by atoms with Crippen LogP contribution in [0.15, 0.2) is 16.7 Å². The summed E-state index contributed by atoms with van der Waals surface area (Å²) in [6.07, 6.45) is 9.94. The predicted octanol–water partition coefficient (Wildman–Crippen LogP) is 3.63. The van der Waals surface area contributed by atoms with Crippen molar-refractivity contribution < 1.29 is 9.15 Å². The molecule has 1 aromatic heterocycles. The van der Waals surface area contributed by atoms with Crippen LogP contribution in [-0.2, 0) is 17.9 Å². The van der Waals surface area contributed by atoms with Crippen molar-refractivity contribution >= 4 is 0 Å². The van der Waals surface area contributed by atoms with Crippen molar-refractivity contribution in [3.63, 3.8) is 0 Å². The van der Waals surface area contributed by atoms with E-state index in [0.29, 0.717) is 12.7 Å². The lowest BCUT2D eigenvalue weighted by Gasteiger charge is -2.26. The summed E-state index contributed by atoms with van der Waals surface area (Å²) in [5.74, 6) is 1.82. The second-order valence-corrected chi connectivity index (χ2v) is 6.23. The van der Waals surface area contributed by atoms with Crippen LogP contribution in [0, 0.1) is 5.92 Å². The van der Waals surface area contributed by atoms with E-state index in [1.165, 1.54) is 44.1 Å². The Morgan fingerprint density at radius 2 is 2.21 bits per heavy atom. The maximum absolute atomic E-state index is 6.04.